The fourth-order valence-electron chi connectivity index (χ4n) is 6.28. The third-order valence-corrected chi connectivity index (χ3v) is 8.15. The Morgan fingerprint density at radius 3 is 2.52 bits per heavy atom. The first-order valence-electron chi connectivity index (χ1n) is 11.0. The zero-order valence-corrected chi connectivity index (χ0v) is 18.5. The molecule has 5 rings (SSSR count). The van der Waals surface area contributed by atoms with Crippen molar-refractivity contribution >= 4 is 5.91 Å². The molecule has 0 radical (unpaired) electrons. The number of hydrogen-bond acceptors (Lipinski definition) is 4. The molecule has 1 amide bonds. The number of halogens is 2. The lowest BCUT2D eigenvalue weighted by atomic mass is 9.67. The zero-order valence-electron chi connectivity index (χ0n) is 18.5. The largest absolute Gasteiger partial charge is 0.340 e. The Bertz CT molecular complexity index is 1050. The van der Waals surface area contributed by atoms with E-state index in [-0.39, 0.29) is 28.5 Å². The molecule has 0 spiro atoms. The molecule has 0 unspecified atom stereocenters. The fourth-order valence-corrected chi connectivity index (χ4v) is 6.28. The molecule has 1 saturated heterocycles. The third kappa shape index (κ3) is 2.65. The van der Waals surface area contributed by atoms with Crippen molar-refractivity contribution in [1.82, 2.24) is 20.0 Å². The Balaban J connectivity index is 1.58. The van der Waals surface area contributed by atoms with Gasteiger partial charge in [0.05, 0.1) is 22.4 Å². The maximum atomic E-state index is 14.4. The third-order valence-electron chi connectivity index (χ3n) is 8.15. The first-order chi connectivity index (χ1) is 14.7. The first-order valence-corrected chi connectivity index (χ1v) is 11.0. The highest BCUT2D eigenvalue weighted by atomic mass is 19.1. The number of hydrogen-bond donors (Lipinski definition) is 0. The molecule has 1 aromatic heterocycles. The van der Waals surface area contributed by atoms with Crippen LogP contribution in [0.25, 0.3) is 11.3 Å². The van der Waals surface area contributed by atoms with E-state index >= 15 is 0 Å². The molecule has 2 aliphatic carbocycles. The minimum Gasteiger partial charge on any atom is -0.340 e. The predicted molar refractivity (Wildman–Crippen MR) is 113 cm³/mol. The van der Waals surface area contributed by atoms with Crippen molar-refractivity contribution in [2.45, 2.75) is 50.5 Å². The van der Waals surface area contributed by atoms with Crippen molar-refractivity contribution in [2.24, 2.45) is 5.41 Å². The van der Waals surface area contributed by atoms with E-state index in [2.05, 4.69) is 28.9 Å². The lowest BCUT2D eigenvalue weighted by molar-refractivity contribution is -0.140. The van der Waals surface area contributed by atoms with Crippen molar-refractivity contribution in [3.8, 4) is 11.3 Å². The average Bonchev–Trinajstić information content (AvgIpc) is 3.36. The number of likely N-dealkylation sites (N-methyl/N-ethyl adjacent to an activating group) is 1. The monoisotopic (exact) mass is 426 g/mol. The second kappa shape index (κ2) is 6.79. The summed E-state index contributed by atoms with van der Waals surface area (Å²) >= 11 is 0. The highest BCUT2D eigenvalue weighted by Gasteiger charge is 2.68. The maximum absolute atomic E-state index is 14.4. The normalized spacial score (nSPS) is 28.4. The second-order valence-corrected chi connectivity index (χ2v) is 10.0. The molecule has 1 aliphatic heterocycles. The van der Waals surface area contributed by atoms with E-state index in [1.165, 1.54) is 18.2 Å². The minimum absolute atomic E-state index is 0.114. The quantitative estimate of drug-likeness (QED) is 0.750. The van der Waals surface area contributed by atoms with Gasteiger partial charge in [0.1, 0.15) is 11.6 Å². The number of benzene rings is 1. The van der Waals surface area contributed by atoms with Gasteiger partial charge in [-0.1, -0.05) is 19.9 Å². The minimum atomic E-state index is -0.729. The summed E-state index contributed by atoms with van der Waals surface area (Å²) in [5.41, 5.74) is 0.589. The molecule has 164 valence electrons. The second-order valence-electron chi connectivity index (χ2n) is 10.0. The van der Waals surface area contributed by atoms with E-state index < -0.39 is 17.0 Å². The van der Waals surface area contributed by atoms with Gasteiger partial charge in [-0.15, -0.1) is 5.10 Å². The van der Waals surface area contributed by atoms with Crippen molar-refractivity contribution in [3.63, 3.8) is 0 Å². The van der Waals surface area contributed by atoms with Crippen LogP contribution in [0.1, 0.15) is 50.3 Å². The van der Waals surface area contributed by atoms with Crippen LogP contribution in [-0.2, 0) is 10.2 Å². The summed E-state index contributed by atoms with van der Waals surface area (Å²) in [6, 6.07) is 5.91. The summed E-state index contributed by atoms with van der Waals surface area (Å²) in [6.07, 6.45) is 2.56. The van der Waals surface area contributed by atoms with Crippen LogP contribution in [0.4, 0.5) is 8.78 Å². The Labute approximate surface area is 181 Å². The first kappa shape index (κ1) is 20.5. The SMILES string of the molecule is CN(C)[C@@H]1CCN(C(=O)[C@]23CC[C@H](c4cc(-c5c(F)cccc5F)nnc42)C3(C)C)C1. The topological polar surface area (TPSA) is 49.3 Å². The van der Waals surface area contributed by atoms with Gasteiger partial charge in [-0.25, -0.2) is 8.78 Å². The average molecular weight is 427 g/mol. The van der Waals surface area contributed by atoms with Gasteiger partial charge >= 0.3 is 0 Å². The van der Waals surface area contributed by atoms with Crippen LogP contribution in [0.3, 0.4) is 0 Å². The highest BCUT2D eigenvalue weighted by molar-refractivity contribution is 5.92. The molecule has 2 bridgehead atoms. The Kier molecular flexibility index (Phi) is 4.49. The summed E-state index contributed by atoms with van der Waals surface area (Å²) in [5.74, 6) is -1.08. The van der Waals surface area contributed by atoms with Gasteiger partial charge < -0.3 is 9.80 Å². The van der Waals surface area contributed by atoms with Crippen molar-refractivity contribution in [1.29, 1.82) is 0 Å². The lowest BCUT2D eigenvalue weighted by Crippen LogP contribution is -2.51. The van der Waals surface area contributed by atoms with Crippen LogP contribution < -0.4 is 0 Å². The van der Waals surface area contributed by atoms with Gasteiger partial charge in [0.15, 0.2) is 0 Å². The van der Waals surface area contributed by atoms with Crippen molar-refractivity contribution < 1.29 is 13.6 Å². The maximum Gasteiger partial charge on any atom is 0.235 e. The van der Waals surface area contributed by atoms with E-state index in [4.69, 9.17) is 0 Å². The number of fused-ring (bicyclic) bond motifs is 5. The van der Waals surface area contributed by atoms with Crippen molar-refractivity contribution in [3.05, 3.63) is 47.2 Å². The van der Waals surface area contributed by atoms with Crippen LogP contribution >= 0.6 is 0 Å². The highest BCUT2D eigenvalue weighted by Crippen LogP contribution is 2.68. The standard InChI is InChI=1S/C24H28F2N4O/c1-23(2)16-8-10-24(23,22(31)30-11-9-14(13-30)29(3)4)21-15(16)12-19(27-28-21)20-17(25)6-5-7-18(20)26/h5-7,12,14,16H,8-11,13H2,1-4H3/t14-,16-,24+/m1/s1. The van der Waals surface area contributed by atoms with E-state index in [9.17, 15) is 13.6 Å². The Hall–Kier alpha value is -2.41. The van der Waals surface area contributed by atoms with Crippen LogP contribution in [0.2, 0.25) is 0 Å². The molecule has 31 heavy (non-hydrogen) atoms. The molecule has 2 aromatic rings. The van der Waals surface area contributed by atoms with Crippen molar-refractivity contribution in [2.75, 3.05) is 27.2 Å². The number of likely N-dealkylation sites (tertiary alicyclic amines) is 1. The lowest BCUT2D eigenvalue weighted by Gasteiger charge is -2.39. The molecule has 7 heteroatoms. The fraction of sp³-hybridized carbons (Fsp3) is 0.542. The molecular formula is C24H28F2N4O. The number of amides is 1. The van der Waals surface area contributed by atoms with Crippen LogP contribution in [0, 0.1) is 17.0 Å². The Morgan fingerprint density at radius 1 is 1.16 bits per heavy atom. The number of rotatable bonds is 3. The van der Waals surface area contributed by atoms with E-state index in [0.29, 0.717) is 11.7 Å². The molecule has 2 heterocycles. The van der Waals surface area contributed by atoms with Gasteiger partial charge in [-0.05, 0) is 68.5 Å². The predicted octanol–water partition coefficient (Wildman–Crippen LogP) is 3.74. The molecule has 2 fully saturated rings. The summed E-state index contributed by atoms with van der Waals surface area (Å²) in [5, 5.41) is 8.69. The molecule has 3 aliphatic rings. The van der Waals surface area contributed by atoms with E-state index in [1.54, 1.807) is 6.07 Å². The van der Waals surface area contributed by atoms with Gasteiger partial charge in [0, 0.05) is 19.1 Å². The number of aromatic nitrogens is 2. The Morgan fingerprint density at radius 2 is 1.87 bits per heavy atom. The smallest absolute Gasteiger partial charge is 0.235 e. The number of carbonyl (C=O) groups is 1. The number of nitrogens with zero attached hydrogens (tertiary/aromatic N) is 4. The van der Waals surface area contributed by atoms with E-state index in [1.807, 2.05) is 19.0 Å². The molecular weight excluding hydrogens is 398 g/mol. The zero-order chi connectivity index (χ0) is 22.1. The summed E-state index contributed by atoms with van der Waals surface area (Å²) < 4.78 is 28.7. The van der Waals surface area contributed by atoms with Gasteiger partial charge in [0.25, 0.3) is 0 Å². The molecule has 1 aromatic carbocycles. The van der Waals surface area contributed by atoms with Gasteiger partial charge in [-0.3, -0.25) is 4.79 Å². The molecule has 1 saturated carbocycles. The van der Waals surface area contributed by atoms with Crippen LogP contribution in [0.15, 0.2) is 24.3 Å². The van der Waals surface area contributed by atoms with Gasteiger partial charge in [0.2, 0.25) is 5.91 Å². The molecule has 0 N–H and O–H groups in total. The summed E-state index contributed by atoms with van der Waals surface area (Å²) in [4.78, 5) is 18.1. The van der Waals surface area contributed by atoms with E-state index in [0.717, 1.165) is 37.9 Å². The number of carbonyl (C=O) groups excluding carboxylic acids is 1. The van der Waals surface area contributed by atoms with Gasteiger partial charge in [-0.2, -0.15) is 5.10 Å². The summed E-state index contributed by atoms with van der Waals surface area (Å²) in [6.45, 7) is 5.72. The molecule has 3 atom stereocenters. The van der Waals surface area contributed by atoms with Crippen LogP contribution in [0.5, 0.6) is 0 Å². The summed E-state index contributed by atoms with van der Waals surface area (Å²) in [7, 11) is 4.10. The van der Waals surface area contributed by atoms with Crippen LogP contribution in [-0.4, -0.2) is 59.1 Å². The molecule has 5 nitrogen and oxygen atoms in total.